The van der Waals surface area contributed by atoms with Crippen LogP contribution in [0.4, 0.5) is 4.39 Å². The van der Waals surface area contributed by atoms with E-state index in [4.69, 9.17) is 4.42 Å². The number of aliphatic hydroxyl groups excluding tert-OH is 1. The third-order valence-corrected chi connectivity index (χ3v) is 4.66. The van der Waals surface area contributed by atoms with Crippen LogP contribution in [-0.4, -0.2) is 21.7 Å². The molecule has 1 fully saturated rings. The third-order valence-electron chi connectivity index (χ3n) is 4.66. The number of furan rings is 1. The van der Waals surface area contributed by atoms with Gasteiger partial charge in [-0.25, -0.2) is 4.39 Å². The number of aliphatic hydroxyl groups is 1. The zero-order valence-corrected chi connectivity index (χ0v) is 14.7. The molecule has 1 saturated heterocycles. The van der Waals surface area contributed by atoms with Crippen molar-refractivity contribution < 1.29 is 23.5 Å². The summed E-state index contributed by atoms with van der Waals surface area (Å²) < 4.78 is 19.2. The molecule has 0 bridgehead atoms. The number of carbonyl (C=O) groups excluding carboxylic acids is 2. The molecular weight excluding hydrogens is 361 g/mol. The Bertz CT molecular complexity index is 1060. The Hall–Kier alpha value is -3.67. The highest BCUT2D eigenvalue weighted by Crippen LogP contribution is 2.40. The van der Waals surface area contributed by atoms with Crippen LogP contribution < -0.4 is 0 Å². The van der Waals surface area contributed by atoms with Gasteiger partial charge in [0.2, 0.25) is 0 Å². The largest absolute Gasteiger partial charge is 0.507 e. The minimum absolute atomic E-state index is 0.0182. The minimum Gasteiger partial charge on any atom is -0.507 e. The maximum atomic E-state index is 13.9. The SMILES string of the molecule is O=C1C(=O)N(Cc2ccco2)[C@H](c2cccc(F)c2)C1=C(O)c1ccccc1. The first-order valence-electron chi connectivity index (χ1n) is 8.68. The van der Waals surface area contributed by atoms with Crippen LogP contribution in [0.1, 0.15) is 22.9 Å². The number of carbonyl (C=O) groups is 2. The summed E-state index contributed by atoms with van der Waals surface area (Å²) in [7, 11) is 0. The summed E-state index contributed by atoms with van der Waals surface area (Å²) in [6.45, 7) is 0.0182. The average Bonchev–Trinajstić information content (AvgIpc) is 3.30. The lowest BCUT2D eigenvalue weighted by Gasteiger charge is -2.24. The Morgan fingerprint density at radius 3 is 2.50 bits per heavy atom. The fourth-order valence-electron chi connectivity index (χ4n) is 3.39. The smallest absolute Gasteiger partial charge is 0.296 e. The van der Waals surface area contributed by atoms with Crippen LogP contribution in [0.3, 0.4) is 0 Å². The Labute approximate surface area is 160 Å². The second kappa shape index (κ2) is 7.15. The molecule has 0 spiro atoms. The van der Waals surface area contributed by atoms with Crippen molar-refractivity contribution in [1.29, 1.82) is 0 Å². The van der Waals surface area contributed by atoms with E-state index in [9.17, 15) is 19.1 Å². The Morgan fingerprint density at radius 2 is 1.82 bits per heavy atom. The molecule has 4 rings (SSSR count). The molecule has 0 aliphatic carbocycles. The number of rotatable bonds is 4. The van der Waals surface area contributed by atoms with Gasteiger partial charge in [-0.2, -0.15) is 0 Å². The van der Waals surface area contributed by atoms with Gasteiger partial charge in [0.25, 0.3) is 11.7 Å². The van der Waals surface area contributed by atoms with Crippen molar-refractivity contribution in [2.45, 2.75) is 12.6 Å². The molecule has 1 amide bonds. The zero-order valence-electron chi connectivity index (χ0n) is 14.7. The van der Waals surface area contributed by atoms with Gasteiger partial charge in [-0.3, -0.25) is 9.59 Å². The summed E-state index contributed by atoms with van der Waals surface area (Å²) in [5.41, 5.74) is 0.719. The van der Waals surface area contributed by atoms with Gasteiger partial charge in [-0.1, -0.05) is 42.5 Å². The molecule has 6 heteroatoms. The predicted octanol–water partition coefficient (Wildman–Crippen LogP) is 4.04. The van der Waals surface area contributed by atoms with E-state index in [2.05, 4.69) is 0 Å². The lowest BCUT2D eigenvalue weighted by Crippen LogP contribution is -2.29. The number of ketones is 1. The summed E-state index contributed by atoms with van der Waals surface area (Å²) in [6.07, 6.45) is 1.47. The van der Waals surface area contributed by atoms with Gasteiger partial charge in [0.15, 0.2) is 0 Å². The van der Waals surface area contributed by atoms with E-state index in [0.29, 0.717) is 16.9 Å². The van der Waals surface area contributed by atoms with Crippen molar-refractivity contribution in [3.8, 4) is 0 Å². The van der Waals surface area contributed by atoms with Crippen molar-refractivity contribution in [2.24, 2.45) is 0 Å². The first kappa shape index (κ1) is 17.7. The fraction of sp³-hybridized carbons (Fsp3) is 0.0909. The van der Waals surface area contributed by atoms with E-state index >= 15 is 0 Å². The summed E-state index contributed by atoms with van der Waals surface area (Å²) in [4.78, 5) is 26.8. The first-order chi connectivity index (χ1) is 13.6. The predicted molar refractivity (Wildman–Crippen MR) is 99.4 cm³/mol. The molecular formula is C22H16FNO4. The van der Waals surface area contributed by atoms with Crippen molar-refractivity contribution in [3.05, 3.63) is 101 Å². The minimum atomic E-state index is -0.930. The van der Waals surface area contributed by atoms with Crippen molar-refractivity contribution in [2.75, 3.05) is 0 Å². The molecule has 2 aromatic carbocycles. The van der Waals surface area contributed by atoms with Crippen LogP contribution in [0.25, 0.3) is 5.76 Å². The molecule has 5 nitrogen and oxygen atoms in total. The highest BCUT2D eigenvalue weighted by molar-refractivity contribution is 6.46. The molecule has 2 heterocycles. The molecule has 1 aromatic heterocycles. The standard InChI is InChI=1S/C22H16FNO4/c23-16-9-4-8-15(12-16)19-18(20(25)14-6-2-1-3-7-14)21(26)22(27)24(19)13-17-10-5-11-28-17/h1-12,19,25H,13H2/t19-/m1/s1. The monoisotopic (exact) mass is 377 g/mol. The normalized spacial score (nSPS) is 18.6. The van der Waals surface area contributed by atoms with Crippen LogP contribution in [-0.2, 0) is 16.1 Å². The van der Waals surface area contributed by atoms with E-state index in [1.165, 1.54) is 29.4 Å². The molecule has 3 aromatic rings. The number of Topliss-reactive ketones (excluding diaryl/α,β-unsaturated/α-hetero) is 1. The third kappa shape index (κ3) is 3.09. The maximum absolute atomic E-state index is 13.9. The summed E-state index contributed by atoms with van der Waals surface area (Å²) in [5, 5.41) is 10.8. The van der Waals surface area contributed by atoms with Crippen LogP contribution in [0.5, 0.6) is 0 Å². The van der Waals surface area contributed by atoms with Gasteiger partial charge >= 0.3 is 0 Å². The number of likely N-dealkylation sites (tertiary alicyclic amines) is 1. The van der Waals surface area contributed by atoms with E-state index in [1.54, 1.807) is 48.5 Å². The van der Waals surface area contributed by atoms with Gasteiger partial charge in [0.05, 0.1) is 24.4 Å². The van der Waals surface area contributed by atoms with Crippen LogP contribution >= 0.6 is 0 Å². The number of halogens is 1. The lowest BCUT2D eigenvalue weighted by molar-refractivity contribution is -0.140. The first-order valence-corrected chi connectivity index (χ1v) is 8.68. The van der Waals surface area contributed by atoms with Crippen LogP contribution in [0.2, 0.25) is 0 Å². The molecule has 140 valence electrons. The summed E-state index contributed by atoms with van der Waals surface area (Å²) in [6, 6.07) is 16.5. The number of amides is 1. The summed E-state index contributed by atoms with van der Waals surface area (Å²) >= 11 is 0. The average molecular weight is 377 g/mol. The topological polar surface area (TPSA) is 70.8 Å². The molecule has 0 saturated carbocycles. The lowest BCUT2D eigenvalue weighted by atomic mass is 9.95. The molecule has 1 aliphatic heterocycles. The van der Waals surface area contributed by atoms with Crippen LogP contribution in [0.15, 0.2) is 83.0 Å². The van der Waals surface area contributed by atoms with E-state index in [1.807, 2.05) is 0 Å². The van der Waals surface area contributed by atoms with Crippen molar-refractivity contribution in [1.82, 2.24) is 4.90 Å². The zero-order chi connectivity index (χ0) is 19.7. The number of benzene rings is 2. The van der Waals surface area contributed by atoms with Gasteiger partial charge in [-0.15, -0.1) is 0 Å². The van der Waals surface area contributed by atoms with Gasteiger partial charge in [0, 0.05) is 5.56 Å². The van der Waals surface area contributed by atoms with Crippen molar-refractivity contribution >= 4 is 17.4 Å². The second-order valence-corrected chi connectivity index (χ2v) is 6.43. The molecule has 1 aliphatic rings. The van der Waals surface area contributed by atoms with Gasteiger partial charge < -0.3 is 14.4 Å². The number of hydrogen-bond donors (Lipinski definition) is 1. The molecule has 0 unspecified atom stereocenters. The highest BCUT2D eigenvalue weighted by atomic mass is 19.1. The van der Waals surface area contributed by atoms with Crippen molar-refractivity contribution in [3.63, 3.8) is 0 Å². The fourth-order valence-corrected chi connectivity index (χ4v) is 3.39. The van der Waals surface area contributed by atoms with E-state index < -0.39 is 23.5 Å². The van der Waals surface area contributed by atoms with Crippen LogP contribution in [0, 0.1) is 5.82 Å². The Morgan fingerprint density at radius 1 is 1.04 bits per heavy atom. The second-order valence-electron chi connectivity index (χ2n) is 6.43. The van der Waals surface area contributed by atoms with E-state index in [-0.39, 0.29) is 17.9 Å². The van der Waals surface area contributed by atoms with Gasteiger partial charge in [0.1, 0.15) is 17.3 Å². The number of nitrogens with zero attached hydrogens (tertiary/aromatic N) is 1. The Kier molecular flexibility index (Phi) is 4.53. The van der Waals surface area contributed by atoms with Gasteiger partial charge in [-0.05, 0) is 29.8 Å². The Balaban J connectivity index is 1.88. The quantitative estimate of drug-likeness (QED) is 0.423. The van der Waals surface area contributed by atoms with E-state index in [0.717, 1.165) is 0 Å². The number of hydrogen-bond acceptors (Lipinski definition) is 4. The molecule has 1 atom stereocenters. The molecule has 28 heavy (non-hydrogen) atoms. The molecule has 1 N–H and O–H groups in total. The summed E-state index contributed by atoms with van der Waals surface area (Å²) in [5.74, 6) is -1.91. The highest BCUT2D eigenvalue weighted by Gasteiger charge is 2.46. The maximum Gasteiger partial charge on any atom is 0.296 e. The molecule has 0 radical (unpaired) electrons.